The first-order valence-corrected chi connectivity index (χ1v) is 10.1. The van der Waals surface area contributed by atoms with E-state index >= 15 is 0 Å². The number of hydrogen-bond acceptors (Lipinski definition) is 6. The molecule has 2 aromatic rings. The Morgan fingerprint density at radius 2 is 2.28 bits per heavy atom. The molecular weight excluding hydrogens is 344 g/mol. The average Bonchev–Trinajstić information content (AvgIpc) is 3.33. The Morgan fingerprint density at radius 3 is 3.04 bits per heavy atom. The predicted octanol–water partition coefficient (Wildman–Crippen LogP) is 0.812. The SMILES string of the molecule is CCc1nc2n(n1)CCC[C@@H]2NS(=O)(=O)c1cnn([C@@H]2CCOC2)c1. The normalized spacial score (nSPS) is 23.7. The lowest BCUT2D eigenvalue weighted by atomic mass is 10.1. The zero-order valence-electron chi connectivity index (χ0n) is 14.1. The molecule has 1 N–H and O–H groups in total. The highest BCUT2D eigenvalue weighted by molar-refractivity contribution is 7.89. The van der Waals surface area contributed by atoms with Gasteiger partial charge in [-0.25, -0.2) is 22.8 Å². The molecule has 2 aliphatic rings. The molecule has 4 rings (SSSR count). The summed E-state index contributed by atoms with van der Waals surface area (Å²) in [5, 5.41) is 8.62. The van der Waals surface area contributed by atoms with E-state index in [1.165, 1.54) is 6.20 Å². The summed E-state index contributed by atoms with van der Waals surface area (Å²) in [6.07, 6.45) is 6.13. The first-order valence-electron chi connectivity index (χ1n) is 8.64. The van der Waals surface area contributed by atoms with E-state index in [4.69, 9.17) is 4.74 Å². The highest BCUT2D eigenvalue weighted by Crippen LogP contribution is 2.26. The number of rotatable bonds is 5. The molecule has 0 aromatic carbocycles. The van der Waals surface area contributed by atoms with Gasteiger partial charge in [0.15, 0.2) is 5.82 Å². The van der Waals surface area contributed by atoms with Crippen LogP contribution in [0.5, 0.6) is 0 Å². The minimum Gasteiger partial charge on any atom is -0.379 e. The maximum atomic E-state index is 12.8. The zero-order chi connectivity index (χ0) is 17.4. The minimum absolute atomic E-state index is 0.105. The third-order valence-electron chi connectivity index (χ3n) is 4.70. The molecule has 0 saturated carbocycles. The maximum absolute atomic E-state index is 12.8. The third-order valence-corrected chi connectivity index (χ3v) is 6.13. The van der Waals surface area contributed by atoms with E-state index in [0.29, 0.717) is 25.5 Å². The van der Waals surface area contributed by atoms with Gasteiger partial charge in [-0.15, -0.1) is 0 Å². The maximum Gasteiger partial charge on any atom is 0.244 e. The summed E-state index contributed by atoms with van der Waals surface area (Å²) >= 11 is 0. The van der Waals surface area contributed by atoms with Gasteiger partial charge in [-0.1, -0.05) is 6.92 Å². The van der Waals surface area contributed by atoms with Crippen molar-refractivity contribution in [3.63, 3.8) is 0 Å². The Labute approximate surface area is 146 Å². The number of aryl methyl sites for hydroxylation is 2. The minimum atomic E-state index is -3.66. The highest BCUT2D eigenvalue weighted by atomic mass is 32.2. The van der Waals surface area contributed by atoms with Gasteiger partial charge in [-0.2, -0.15) is 10.2 Å². The van der Waals surface area contributed by atoms with Crippen LogP contribution in [-0.2, 0) is 27.7 Å². The van der Waals surface area contributed by atoms with Crippen molar-refractivity contribution in [3.8, 4) is 0 Å². The Bertz CT molecular complexity index is 852. The van der Waals surface area contributed by atoms with Crippen LogP contribution >= 0.6 is 0 Å². The molecular formula is C15H22N6O3S. The van der Waals surface area contributed by atoms with Gasteiger partial charge in [0.2, 0.25) is 10.0 Å². The van der Waals surface area contributed by atoms with Crippen LogP contribution < -0.4 is 4.72 Å². The first kappa shape index (κ1) is 16.7. The summed E-state index contributed by atoms with van der Waals surface area (Å²) < 4.78 is 37.1. The van der Waals surface area contributed by atoms with Crippen molar-refractivity contribution in [2.45, 2.75) is 56.1 Å². The van der Waals surface area contributed by atoms with Crippen LogP contribution in [0.3, 0.4) is 0 Å². The fourth-order valence-electron chi connectivity index (χ4n) is 3.31. The van der Waals surface area contributed by atoms with Crippen molar-refractivity contribution in [2.75, 3.05) is 13.2 Å². The number of nitrogens with one attached hydrogen (secondary N) is 1. The molecule has 0 bridgehead atoms. The van der Waals surface area contributed by atoms with E-state index in [2.05, 4.69) is 19.9 Å². The summed E-state index contributed by atoms with van der Waals surface area (Å²) in [7, 11) is -3.66. The lowest BCUT2D eigenvalue weighted by molar-refractivity contribution is 0.184. The van der Waals surface area contributed by atoms with E-state index in [-0.39, 0.29) is 17.0 Å². The van der Waals surface area contributed by atoms with Crippen LogP contribution in [0.2, 0.25) is 0 Å². The van der Waals surface area contributed by atoms with Crippen molar-refractivity contribution in [3.05, 3.63) is 24.0 Å². The van der Waals surface area contributed by atoms with Crippen LogP contribution in [0.1, 0.15) is 49.9 Å². The second-order valence-electron chi connectivity index (χ2n) is 6.45. The van der Waals surface area contributed by atoms with Gasteiger partial charge in [0.25, 0.3) is 0 Å². The van der Waals surface area contributed by atoms with Crippen molar-refractivity contribution >= 4 is 10.0 Å². The number of fused-ring (bicyclic) bond motifs is 1. The van der Waals surface area contributed by atoms with Crippen LogP contribution in [-0.4, -0.2) is 46.2 Å². The lowest BCUT2D eigenvalue weighted by Gasteiger charge is -2.22. The standard InChI is InChI=1S/C15H22N6O3S/c1-2-14-17-15-13(4-3-6-20(15)18-14)19-25(22,23)12-8-16-21(9-12)11-5-7-24-10-11/h8-9,11,13,19H,2-7,10H2,1H3/t11-,13+/m1/s1. The Balaban J connectivity index is 1.55. The summed E-state index contributed by atoms with van der Waals surface area (Å²) in [6, 6.07) is -0.251. The van der Waals surface area contributed by atoms with Crippen molar-refractivity contribution in [1.29, 1.82) is 0 Å². The molecule has 0 amide bonds. The van der Waals surface area contributed by atoms with Gasteiger partial charge >= 0.3 is 0 Å². The fraction of sp³-hybridized carbons (Fsp3) is 0.667. The summed E-state index contributed by atoms with van der Waals surface area (Å²) in [6.45, 7) is 4.02. The van der Waals surface area contributed by atoms with Crippen molar-refractivity contribution in [2.24, 2.45) is 0 Å². The van der Waals surface area contributed by atoms with E-state index in [9.17, 15) is 8.42 Å². The molecule has 2 aliphatic heterocycles. The molecule has 2 aromatic heterocycles. The molecule has 9 nitrogen and oxygen atoms in total. The van der Waals surface area contributed by atoms with E-state index in [1.807, 2.05) is 11.6 Å². The average molecular weight is 366 g/mol. The quantitative estimate of drug-likeness (QED) is 0.840. The van der Waals surface area contributed by atoms with Gasteiger partial charge < -0.3 is 4.74 Å². The van der Waals surface area contributed by atoms with Gasteiger partial charge in [-0.05, 0) is 19.3 Å². The molecule has 25 heavy (non-hydrogen) atoms. The summed E-state index contributed by atoms with van der Waals surface area (Å²) in [5.41, 5.74) is 0. The summed E-state index contributed by atoms with van der Waals surface area (Å²) in [4.78, 5) is 4.66. The zero-order valence-corrected chi connectivity index (χ0v) is 14.9. The van der Waals surface area contributed by atoms with Crippen molar-refractivity contribution < 1.29 is 13.2 Å². The van der Waals surface area contributed by atoms with Crippen LogP contribution in [0.4, 0.5) is 0 Å². The Kier molecular flexibility index (Phi) is 4.34. The van der Waals surface area contributed by atoms with Crippen LogP contribution in [0.25, 0.3) is 0 Å². The Hall–Kier alpha value is -1.78. The number of hydrogen-bond donors (Lipinski definition) is 1. The smallest absolute Gasteiger partial charge is 0.244 e. The topological polar surface area (TPSA) is 104 Å². The molecule has 2 atom stereocenters. The number of nitrogens with zero attached hydrogens (tertiary/aromatic N) is 5. The second-order valence-corrected chi connectivity index (χ2v) is 8.17. The third kappa shape index (κ3) is 3.21. The van der Waals surface area contributed by atoms with Crippen molar-refractivity contribution in [1.82, 2.24) is 29.3 Å². The highest BCUT2D eigenvalue weighted by Gasteiger charge is 2.30. The molecule has 0 spiro atoms. The van der Waals surface area contributed by atoms with Gasteiger partial charge in [0.05, 0.1) is 24.9 Å². The van der Waals surface area contributed by atoms with Crippen LogP contribution in [0, 0.1) is 0 Å². The largest absolute Gasteiger partial charge is 0.379 e. The molecule has 0 unspecified atom stereocenters. The number of aromatic nitrogens is 5. The Morgan fingerprint density at radius 1 is 1.40 bits per heavy atom. The molecule has 0 aliphatic carbocycles. The van der Waals surface area contributed by atoms with E-state index < -0.39 is 10.0 Å². The number of sulfonamides is 1. The van der Waals surface area contributed by atoms with Gasteiger partial charge in [0, 0.05) is 25.8 Å². The fourth-order valence-corrected chi connectivity index (χ4v) is 4.47. The van der Waals surface area contributed by atoms with E-state index in [0.717, 1.165) is 31.6 Å². The lowest BCUT2D eigenvalue weighted by Crippen LogP contribution is -2.33. The van der Waals surface area contributed by atoms with E-state index in [1.54, 1.807) is 10.9 Å². The molecule has 136 valence electrons. The predicted molar refractivity (Wildman–Crippen MR) is 88.4 cm³/mol. The molecule has 1 fully saturated rings. The number of ether oxygens (including phenoxy) is 1. The van der Waals surface area contributed by atoms with Crippen LogP contribution in [0.15, 0.2) is 17.3 Å². The molecule has 0 radical (unpaired) electrons. The first-order chi connectivity index (χ1) is 12.1. The molecule has 1 saturated heterocycles. The molecule has 4 heterocycles. The summed E-state index contributed by atoms with van der Waals surface area (Å²) in [5.74, 6) is 1.44. The molecule has 10 heteroatoms. The van der Waals surface area contributed by atoms with Gasteiger partial charge in [-0.3, -0.25) is 4.68 Å². The monoisotopic (exact) mass is 366 g/mol. The van der Waals surface area contributed by atoms with Gasteiger partial charge in [0.1, 0.15) is 10.7 Å². The second kappa shape index (κ2) is 6.50.